The number of para-hydroxylation sites is 1. The van der Waals surface area contributed by atoms with E-state index in [0.717, 1.165) is 21.3 Å². The summed E-state index contributed by atoms with van der Waals surface area (Å²) in [5.74, 6) is 2.20. The minimum Gasteiger partial charge on any atom is -0.496 e. The first-order chi connectivity index (χ1) is 11.2. The normalized spacial score (nSPS) is 11.8. The topological polar surface area (TPSA) is 36.9 Å². The Bertz CT molecular complexity index is 630. The molecular formula is C18H21IO4. The van der Waals surface area contributed by atoms with Gasteiger partial charge in [0.1, 0.15) is 5.75 Å². The van der Waals surface area contributed by atoms with Crippen LogP contribution >= 0.6 is 22.6 Å². The van der Waals surface area contributed by atoms with Crippen molar-refractivity contribution >= 4 is 22.6 Å². The zero-order chi connectivity index (χ0) is 16.7. The van der Waals surface area contributed by atoms with Crippen molar-refractivity contribution in [1.82, 2.24) is 0 Å². The van der Waals surface area contributed by atoms with E-state index in [9.17, 15) is 0 Å². The molecule has 4 nitrogen and oxygen atoms in total. The van der Waals surface area contributed by atoms with Crippen molar-refractivity contribution < 1.29 is 18.9 Å². The molecule has 0 saturated heterocycles. The number of benzene rings is 2. The van der Waals surface area contributed by atoms with Crippen LogP contribution in [0.3, 0.4) is 0 Å². The summed E-state index contributed by atoms with van der Waals surface area (Å²) in [4.78, 5) is 0. The predicted octanol–water partition coefficient (Wildman–Crippen LogP) is 4.64. The largest absolute Gasteiger partial charge is 0.496 e. The standard InChI is InChI=1S/C18H21IO4/c1-4-18(22-12-13-7-5-6-8-15(13)20-2)23-16-10-9-14(19)11-17(16)21-3/h5-11,18H,4,12H2,1-3H3. The molecule has 0 spiro atoms. The molecule has 0 fully saturated rings. The second-order valence-corrected chi connectivity index (χ2v) is 6.12. The number of ether oxygens (including phenoxy) is 4. The van der Waals surface area contributed by atoms with Crippen molar-refractivity contribution in [3.8, 4) is 17.2 Å². The van der Waals surface area contributed by atoms with Crippen LogP contribution in [0.2, 0.25) is 0 Å². The fourth-order valence-electron chi connectivity index (χ4n) is 2.12. The summed E-state index contributed by atoms with van der Waals surface area (Å²) in [7, 11) is 3.29. The molecule has 0 aliphatic rings. The van der Waals surface area contributed by atoms with Gasteiger partial charge in [-0.3, -0.25) is 0 Å². The number of hydrogen-bond donors (Lipinski definition) is 0. The Kier molecular flexibility index (Phi) is 6.98. The molecule has 0 aliphatic carbocycles. The average molecular weight is 428 g/mol. The molecule has 5 heteroatoms. The van der Waals surface area contributed by atoms with Crippen molar-refractivity contribution in [3.63, 3.8) is 0 Å². The van der Waals surface area contributed by atoms with Gasteiger partial charge in [0, 0.05) is 15.6 Å². The van der Waals surface area contributed by atoms with Crippen LogP contribution in [0.25, 0.3) is 0 Å². The Morgan fingerprint density at radius 2 is 1.70 bits per heavy atom. The molecule has 0 aliphatic heterocycles. The van der Waals surface area contributed by atoms with Crippen molar-refractivity contribution in [3.05, 3.63) is 51.6 Å². The van der Waals surface area contributed by atoms with Crippen LogP contribution in [0.15, 0.2) is 42.5 Å². The Morgan fingerprint density at radius 1 is 0.957 bits per heavy atom. The van der Waals surface area contributed by atoms with Gasteiger partial charge in [-0.1, -0.05) is 25.1 Å². The van der Waals surface area contributed by atoms with Crippen LogP contribution < -0.4 is 14.2 Å². The van der Waals surface area contributed by atoms with Crippen LogP contribution in [0, 0.1) is 3.57 Å². The molecule has 2 aromatic rings. The van der Waals surface area contributed by atoms with E-state index in [0.29, 0.717) is 18.1 Å². The molecule has 2 aromatic carbocycles. The van der Waals surface area contributed by atoms with E-state index >= 15 is 0 Å². The molecule has 0 bridgehead atoms. The van der Waals surface area contributed by atoms with Gasteiger partial charge in [-0.2, -0.15) is 0 Å². The van der Waals surface area contributed by atoms with E-state index in [1.165, 1.54) is 0 Å². The molecule has 23 heavy (non-hydrogen) atoms. The van der Waals surface area contributed by atoms with Crippen LogP contribution in [-0.4, -0.2) is 20.5 Å². The zero-order valence-corrected chi connectivity index (χ0v) is 15.7. The molecule has 0 aromatic heterocycles. The highest BCUT2D eigenvalue weighted by atomic mass is 127. The number of rotatable bonds is 8. The maximum Gasteiger partial charge on any atom is 0.200 e. The molecule has 1 unspecified atom stereocenters. The lowest BCUT2D eigenvalue weighted by atomic mass is 10.2. The first-order valence-electron chi connectivity index (χ1n) is 7.41. The summed E-state index contributed by atoms with van der Waals surface area (Å²) < 4.78 is 23.6. The second-order valence-electron chi connectivity index (χ2n) is 4.87. The summed E-state index contributed by atoms with van der Waals surface area (Å²) in [6.07, 6.45) is 0.374. The van der Waals surface area contributed by atoms with E-state index in [1.54, 1.807) is 14.2 Å². The summed E-state index contributed by atoms with van der Waals surface area (Å²) in [5, 5.41) is 0. The fraction of sp³-hybridized carbons (Fsp3) is 0.333. The van der Waals surface area contributed by atoms with Gasteiger partial charge in [-0.25, -0.2) is 0 Å². The van der Waals surface area contributed by atoms with Crippen LogP contribution in [-0.2, 0) is 11.3 Å². The van der Waals surface area contributed by atoms with Crippen molar-refractivity contribution in [2.24, 2.45) is 0 Å². The van der Waals surface area contributed by atoms with Gasteiger partial charge in [0.2, 0.25) is 0 Å². The molecular weight excluding hydrogens is 407 g/mol. The predicted molar refractivity (Wildman–Crippen MR) is 98.2 cm³/mol. The Labute approximate surface area is 150 Å². The lowest BCUT2D eigenvalue weighted by molar-refractivity contribution is -0.0917. The smallest absolute Gasteiger partial charge is 0.200 e. The summed E-state index contributed by atoms with van der Waals surface area (Å²) >= 11 is 2.24. The third-order valence-electron chi connectivity index (χ3n) is 3.33. The quantitative estimate of drug-likeness (QED) is 0.454. The highest BCUT2D eigenvalue weighted by Crippen LogP contribution is 2.30. The number of methoxy groups -OCH3 is 2. The third kappa shape index (κ3) is 5.00. The second kappa shape index (κ2) is 8.98. The van der Waals surface area contributed by atoms with Gasteiger partial charge >= 0.3 is 0 Å². The van der Waals surface area contributed by atoms with E-state index in [2.05, 4.69) is 22.6 Å². The Morgan fingerprint density at radius 3 is 2.39 bits per heavy atom. The Balaban J connectivity index is 2.03. The van der Waals surface area contributed by atoms with Crippen molar-refractivity contribution in [2.45, 2.75) is 26.2 Å². The molecule has 0 N–H and O–H groups in total. The lowest BCUT2D eigenvalue weighted by Gasteiger charge is -2.20. The molecule has 2 rings (SSSR count). The molecule has 1 atom stereocenters. The first-order valence-corrected chi connectivity index (χ1v) is 8.49. The van der Waals surface area contributed by atoms with Gasteiger partial charge in [0.05, 0.1) is 20.8 Å². The fourth-order valence-corrected chi connectivity index (χ4v) is 2.58. The van der Waals surface area contributed by atoms with Gasteiger partial charge in [0.25, 0.3) is 0 Å². The van der Waals surface area contributed by atoms with Crippen LogP contribution in [0.5, 0.6) is 17.2 Å². The summed E-state index contributed by atoms with van der Waals surface area (Å²) in [5.41, 5.74) is 0.992. The molecule has 0 radical (unpaired) electrons. The SMILES string of the molecule is CCC(OCc1ccccc1OC)Oc1ccc(I)cc1OC. The first kappa shape index (κ1) is 17.9. The van der Waals surface area contributed by atoms with E-state index in [-0.39, 0.29) is 6.29 Å². The van der Waals surface area contributed by atoms with Crippen molar-refractivity contribution in [1.29, 1.82) is 0 Å². The van der Waals surface area contributed by atoms with Gasteiger partial charge in [0.15, 0.2) is 17.8 Å². The molecule has 0 heterocycles. The number of halogens is 1. The summed E-state index contributed by atoms with van der Waals surface area (Å²) in [6.45, 7) is 2.45. The lowest BCUT2D eigenvalue weighted by Crippen LogP contribution is -2.20. The minimum atomic E-state index is -0.353. The Hall–Kier alpha value is -1.47. The number of hydrogen-bond acceptors (Lipinski definition) is 4. The van der Waals surface area contributed by atoms with Gasteiger partial charge < -0.3 is 18.9 Å². The average Bonchev–Trinajstić information content (AvgIpc) is 2.59. The third-order valence-corrected chi connectivity index (χ3v) is 4.01. The van der Waals surface area contributed by atoms with E-state index in [4.69, 9.17) is 18.9 Å². The van der Waals surface area contributed by atoms with Crippen LogP contribution in [0.4, 0.5) is 0 Å². The highest BCUT2D eigenvalue weighted by molar-refractivity contribution is 14.1. The maximum absolute atomic E-state index is 5.94. The van der Waals surface area contributed by atoms with Crippen molar-refractivity contribution in [2.75, 3.05) is 14.2 Å². The molecule has 124 valence electrons. The van der Waals surface area contributed by atoms with Gasteiger partial charge in [-0.15, -0.1) is 0 Å². The highest BCUT2D eigenvalue weighted by Gasteiger charge is 2.14. The summed E-state index contributed by atoms with van der Waals surface area (Å²) in [6, 6.07) is 13.6. The van der Waals surface area contributed by atoms with E-state index < -0.39 is 0 Å². The molecule has 0 saturated carbocycles. The maximum atomic E-state index is 5.94. The van der Waals surface area contributed by atoms with Crippen LogP contribution in [0.1, 0.15) is 18.9 Å². The van der Waals surface area contributed by atoms with E-state index in [1.807, 2.05) is 49.4 Å². The van der Waals surface area contributed by atoms with Gasteiger partial charge in [-0.05, 0) is 46.9 Å². The zero-order valence-electron chi connectivity index (χ0n) is 13.5. The monoisotopic (exact) mass is 428 g/mol. The minimum absolute atomic E-state index is 0.353. The molecule has 0 amide bonds.